The summed E-state index contributed by atoms with van der Waals surface area (Å²) >= 11 is 5.92. The van der Waals surface area contributed by atoms with Gasteiger partial charge in [-0.2, -0.15) is 18.3 Å². The first-order chi connectivity index (χ1) is 14.2. The van der Waals surface area contributed by atoms with E-state index in [0.29, 0.717) is 18.7 Å². The molecular weight excluding hydrogens is 422 g/mol. The number of hydrogen-bond donors (Lipinski definition) is 0. The lowest BCUT2D eigenvalue weighted by Crippen LogP contribution is -2.37. The molecule has 2 aromatic carbocycles. The van der Waals surface area contributed by atoms with Gasteiger partial charge in [0.05, 0.1) is 34.1 Å². The summed E-state index contributed by atoms with van der Waals surface area (Å²) in [4.78, 5) is 14.4. The molecular formula is C21H16ClF4N3O. The van der Waals surface area contributed by atoms with Gasteiger partial charge < -0.3 is 4.90 Å². The SMILES string of the molecule is Cn1nc(-c2ccc(F)cc2)c2c1CN(C(=O)c1cccc(C(F)(F)F)c1Cl)CC2. The van der Waals surface area contributed by atoms with Gasteiger partial charge in [-0.05, 0) is 42.8 Å². The lowest BCUT2D eigenvalue weighted by molar-refractivity contribution is -0.137. The summed E-state index contributed by atoms with van der Waals surface area (Å²) in [7, 11) is 1.73. The summed E-state index contributed by atoms with van der Waals surface area (Å²) < 4.78 is 54.3. The van der Waals surface area contributed by atoms with E-state index in [2.05, 4.69) is 5.10 Å². The van der Waals surface area contributed by atoms with E-state index in [1.807, 2.05) is 0 Å². The van der Waals surface area contributed by atoms with E-state index >= 15 is 0 Å². The average molecular weight is 438 g/mol. The van der Waals surface area contributed by atoms with Crippen LogP contribution in [0.25, 0.3) is 11.3 Å². The molecule has 1 amide bonds. The van der Waals surface area contributed by atoms with Crippen molar-refractivity contribution in [3.63, 3.8) is 0 Å². The second-order valence-electron chi connectivity index (χ2n) is 7.05. The van der Waals surface area contributed by atoms with Gasteiger partial charge in [0.15, 0.2) is 0 Å². The van der Waals surface area contributed by atoms with Crippen molar-refractivity contribution in [2.24, 2.45) is 7.05 Å². The van der Waals surface area contributed by atoms with Crippen LogP contribution in [0.3, 0.4) is 0 Å². The number of benzene rings is 2. The van der Waals surface area contributed by atoms with Gasteiger partial charge in [-0.1, -0.05) is 17.7 Å². The van der Waals surface area contributed by atoms with Crippen LogP contribution in [0.5, 0.6) is 0 Å². The van der Waals surface area contributed by atoms with Crippen LogP contribution in [-0.4, -0.2) is 27.1 Å². The summed E-state index contributed by atoms with van der Waals surface area (Å²) in [6, 6.07) is 9.30. The minimum Gasteiger partial charge on any atom is -0.332 e. The summed E-state index contributed by atoms with van der Waals surface area (Å²) in [5, 5.41) is 3.90. The summed E-state index contributed by atoms with van der Waals surface area (Å²) in [6.45, 7) is 0.490. The van der Waals surface area contributed by atoms with Gasteiger partial charge in [0, 0.05) is 24.7 Å². The van der Waals surface area contributed by atoms with Crippen LogP contribution in [0.15, 0.2) is 42.5 Å². The van der Waals surface area contributed by atoms with Gasteiger partial charge in [-0.15, -0.1) is 0 Å². The lowest BCUT2D eigenvalue weighted by Gasteiger charge is -2.28. The Hall–Kier alpha value is -2.87. The first kappa shape index (κ1) is 20.4. The molecule has 0 bridgehead atoms. The van der Waals surface area contributed by atoms with Crippen LogP contribution in [0.1, 0.15) is 27.2 Å². The lowest BCUT2D eigenvalue weighted by atomic mass is 9.99. The van der Waals surface area contributed by atoms with Crippen molar-refractivity contribution in [2.45, 2.75) is 19.1 Å². The van der Waals surface area contributed by atoms with Gasteiger partial charge in [-0.25, -0.2) is 4.39 Å². The number of amides is 1. The maximum Gasteiger partial charge on any atom is 0.417 e. The van der Waals surface area contributed by atoms with Crippen LogP contribution in [0.4, 0.5) is 17.6 Å². The third-order valence-electron chi connectivity index (χ3n) is 5.19. The second-order valence-corrected chi connectivity index (χ2v) is 7.42. The largest absolute Gasteiger partial charge is 0.417 e. The molecule has 1 aliphatic rings. The Morgan fingerprint density at radius 3 is 2.50 bits per heavy atom. The van der Waals surface area contributed by atoms with Crippen LogP contribution >= 0.6 is 11.6 Å². The number of carbonyl (C=O) groups excluding carboxylic acids is 1. The predicted octanol–water partition coefficient (Wildman–Crippen LogP) is 5.10. The summed E-state index contributed by atoms with van der Waals surface area (Å²) in [5.41, 5.74) is 1.95. The molecule has 0 atom stereocenters. The van der Waals surface area contributed by atoms with Gasteiger partial charge in [0.1, 0.15) is 5.82 Å². The van der Waals surface area contributed by atoms with Crippen molar-refractivity contribution >= 4 is 17.5 Å². The zero-order valence-electron chi connectivity index (χ0n) is 15.8. The predicted molar refractivity (Wildman–Crippen MR) is 104 cm³/mol. The van der Waals surface area contributed by atoms with Crippen molar-refractivity contribution in [3.8, 4) is 11.3 Å². The molecule has 0 saturated carbocycles. The molecule has 0 N–H and O–H groups in total. The monoisotopic (exact) mass is 437 g/mol. The Labute approximate surface area is 174 Å². The fourth-order valence-corrected chi connectivity index (χ4v) is 3.98. The minimum absolute atomic E-state index is 0.184. The molecule has 0 fully saturated rings. The number of aryl methyl sites for hydroxylation is 1. The molecule has 0 radical (unpaired) electrons. The Morgan fingerprint density at radius 1 is 1.13 bits per heavy atom. The Kier molecular flexibility index (Phi) is 5.05. The van der Waals surface area contributed by atoms with Crippen molar-refractivity contribution in [1.29, 1.82) is 0 Å². The third kappa shape index (κ3) is 3.56. The summed E-state index contributed by atoms with van der Waals surface area (Å²) in [6.07, 6.45) is -4.17. The standard InChI is InChI=1S/C21H16ClF4N3O/c1-28-17-11-29(20(30)15-3-2-4-16(18(15)22)21(24,25)26)10-9-14(17)19(27-28)12-5-7-13(23)8-6-12/h2-8H,9-11H2,1H3. The zero-order chi connectivity index (χ0) is 21.6. The fraction of sp³-hybridized carbons (Fsp3) is 0.238. The molecule has 30 heavy (non-hydrogen) atoms. The molecule has 3 aromatic rings. The minimum atomic E-state index is -4.64. The zero-order valence-corrected chi connectivity index (χ0v) is 16.6. The number of alkyl halides is 3. The number of nitrogens with zero attached hydrogens (tertiary/aromatic N) is 3. The normalized spacial score (nSPS) is 14.0. The molecule has 1 aliphatic heterocycles. The molecule has 9 heteroatoms. The van der Waals surface area contributed by atoms with Gasteiger partial charge >= 0.3 is 6.18 Å². The quantitative estimate of drug-likeness (QED) is 0.523. The number of hydrogen-bond acceptors (Lipinski definition) is 2. The molecule has 4 rings (SSSR count). The highest BCUT2D eigenvalue weighted by Gasteiger charge is 2.36. The fourth-order valence-electron chi connectivity index (χ4n) is 3.67. The number of fused-ring (bicyclic) bond motifs is 1. The van der Waals surface area contributed by atoms with Crippen LogP contribution in [0, 0.1) is 5.82 Å². The number of aromatic nitrogens is 2. The average Bonchev–Trinajstić information content (AvgIpc) is 3.03. The van der Waals surface area contributed by atoms with E-state index in [4.69, 9.17) is 11.6 Å². The molecule has 0 aliphatic carbocycles. The van der Waals surface area contributed by atoms with E-state index in [1.54, 1.807) is 23.9 Å². The van der Waals surface area contributed by atoms with Crippen LogP contribution in [-0.2, 0) is 26.2 Å². The van der Waals surface area contributed by atoms with Crippen molar-refractivity contribution in [3.05, 3.63) is 75.7 Å². The Bertz CT molecular complexity index is 1120. The molecule has 0 unspecified atom stereocenters. The van der Waals surface area contributed by atoms with Crippen molar-refractivity contribution < 1.29 is 22.4 Å². The van der Waals surface area contributed by atoms with Gasteiger partial charge in [0.2, 0.25) is 0 Å². The van der Waals surface area contributed by atoms with E-state index in [1.165, 1.54) is 29.2 Å². The highest BCUT2D eigenvalue weighted by molar-refractivity contribution is 6.34. The smallest absolute Gasteiger partial charge is 0.332 e. The maximum atomic E-state index is 13.2. The van der Waals surface area contributed by atoms with Gasteiger partial charge in [0.25, 0.3) is 5.91 Å². The van der Waals surface area contributed by atoms with E-state index in [0.717, 1.165) is 22.9 Å². The Balaban J connectivity index is 1.64. The number of rotatable bonds is 2. The number of carbonyl (C=O) groups is 1. The first-order valence-corrected chi connectivity index (χ1v) is 9.50. The third-order valence-corrected chi connectivity index (χ3v) is 5.59. The molecule has 2 heterocycles. The Morgan fingerprint density at radius 2 is 1.83 bits per heavy atom. The van der Waals surface area contributed by atoms with Crippen molar-refractivity contribution in [1.82, 2.24) is 14.7 Å². The molecule has 4 nitrogen and oxygen atoms in total. The maximum absolute atomic E-state index is 13.2. The molecule has 156 valence electrons. The molecule has 0 spiro atoms. The van der Waals surface area contributed by atoms with E-state index < -0.39 is 22.7 Å². The highest BCUT2D eigenvalue weighted by Crippen LogP contribution is 2.37. The first-order valence-electron chi connectivity index (χ1n) is 9.12. The van der Waals surface area contributed by atoms with E-state index in [-0.39, 0.29) is 17.9 Å². The highest BCUT2D eigenvalue weighted by atomic mass is 35.5. The van der Waals surface area contributed by atoms with Crippen molar-refractivity contribution in [2.75, 3.05) is 6.54 Å². The molecule has 1 aromatic heterocycles. The number of halogens is 5. The molecule has 0 saturated heterocycles. The second kappa shape index (κ2) is 7.43. The summed E-state index contributed by atoms with van der Waals surface area (Å²) in [5.74, 6) is -0.917. The van der Waals surface area contributed by atoms with E-state index in [9.17, 15) is 22.4 Å². The van der Waals surface area contributed by atoms with Gasteiger partial charge in [-0.3, -0.25) is 9.48 Å². The topological polar surface area (TPSA) is 38.1 Å². The van der Waals surface area contributed by atoms with Crippen LogP contribution in [0.2, 0.25) is 5.02 Å². The van der Waals surface area contributed by atoms with Crippen LogP contribution < -0.4 is 0 Å².